The summed E-state index contributed by atoms with van der Waals surface area (Å²) >= 11 is 1.66. The van der Waals surface area contributed by atoms with Crippen molar-refractivity contribution in [3.05, 3.63) is 45.9 Å². The lowest BCUT2D eigenvalue weighted by atomic mass is 10.1. The normalized spacial score (nSPS) is 13.2. The SMILES string of the molecule is CNS(=O)(=O)c1ccc(C(C)NCCc2csc(C)n2)cc1. The fraction of sp³-hybridized carbons (Fsp3) is 0.400. The van der Waals surface area contributed by atoms with Gasteiger partial charge in [0.15, 0.2) is 0 Å². The van der Waals surface area contributed by atoms with Crippen molar-refractivity contribution in [1.29, 1.82) is 0 Å². The average molecular weight is 339 g/mol. The third kappa shape index (κ3) is 4.36. The summed E-state index contributed by atoms with van der Waals surface area (Å²) < 4.78 is 25.7. The molecule has 0 radical (unpaired) electrons. The van der Waals surface area contributed by atoms with Gasteiger partial charge in [-0.25, -0.2) is 18.1 Å². The Balaban J connectivity index is 1.91. The highest BCUT2D eigenvalue weighted by molar-refractivity contribution is 7.89. The number of rotatable bonds is 7. The Kier molecular flexibility index (Phi) is 5.69. The molecule has 7 heteroatoms. The number of thiazole rings is 1. The molecule has 1 aromatic heterocycles. The molecule has 1 heterocycles. The lowest BCUT2D eigenvalue weighted by Gasteiger charge is -2.14. The van der Waals surface area contributed by atoms with Gasteiger partial charge in [0.2, 0.25) is 10.0 Å². The Labute approximate surface area is 135 Å². The number of hydrogen-bond donors (Lipinski definition) is 2. The van der Waals surface area contributed by atoms with Crippen LogP contribution in [0, 0.1) is 6.92 Å². The first-order chi connectivity index (χ1) is 10.4. The van der Waals surface area contributed by atoms with Crippen molar-refractivity contribution in [3.8, 4) is 0 Å². The maximum absolute atomic E-state index is 11.7. The molecule has 0 saturated heterocycles. The third-order valence-electron chi connectivity index (χ3n) is 3.46. The lowest BCUT2D eigenvalue weighted by molar-refractivity contribution is 0.573. The molecule has 0 saturated carbocycles. The molecule has 5 nitrogen and oxygen atoms in total. The number of nitrogens with zero attached hydrogens (tertiary/aromatic N) is 1. The Morgan fingerprint density at radius 2 is 1.95 bits per heavy atom. The lowest BCUT2D eigenvalue weighted by Crippen LogP contribution is -2.22. The van der Waals surface area contributed by atoms with E-state index in [2.05, 4.69) is 27.3 Å². The predicted octanol–water partition coefficient (Wildman–Crippen LogP) is 2.25. The summed E-state index contributed by atoms with van der Waals surface area (Å²) in [6, 6.07) is 7.10. The van der Waals surface area contributed by atoms with E-state index >= 15 is 0 Å². The highest BCUT2D eigenvalue weighted by Gasteiger charge is 2.12. The van der Waals surface area contributed by atoms with Crippen LogP contribution >= 0.6 is 11.3 Å². The first-order valence-corrected chi connectivity index (χ1v) is 9.46. The van der Waals surface area contributed by atoms with Gasteiger partial charge in [0.25, 0.3) is 0 Å². The zero-order valence-corrected chi connectivity index (χ0v) is 14.6. The number of sulfonamides is 1. The van der Waals surface area contributed by atoms with Gasteiger partial charge in [-0.15, -0.1) is 11.3 Å². The van der Waals surface area contributed by atoms with Crippen molar-refractivity contribution in [2.45, 2.75) is 31.2 Å². The van der Waals surface area contributed by atoms with Gasteiger partial charge in [0.05, 0.1) is 15.6 Å². The molecule has 0 aliphatic heterocycles. The molecule has 1 unspecified atom stereocenters. The minimum absolute atomic E-state index is 0.158. The summed E-state index contributed by atoms with van der Waals surface area (Å²) in [7, 11) is -1.96. The van der Waals surface area contributed by atoms with E-state index in [4.69, 9.17) is 0 Å². The van der Waals surface area contributed by atoms with Crippen molar-refractivity contribution in [2.24, 2.45) is 0 Å². The molecular formula is C15H21N3O2S2. The number of benzene rings is 1. The second-order valence-electron chi connectivity index (χ2n) is 5.06. The van der Waals surface area contributed by atoms with Crippen LogP contribution in [-0.2, 0) is 16.4 Å². The Bertz CT molecular complexity index is 709. The third-order valence-corrected chi connectivity index (χ3v) is 5.71. The maximum Gasteiger partial charge on any atom is 0.240 e. The molecule has 0 spiro atoms. The van der Waals surface area contributed by atoms with Crippen LogP contribution in [0.4, 0.5) is 0 Å². The summed E-state index contributed by atoms with van der Waals surface area (Å²) in [6.07, 6.45) is 0.890. The van der Waals surface area contributed by atoms with Crippen LogP contribution in [0.3, 0.4) is 0 Å². The van der Waals surface area contributed by atoms with E-state index in [0.29, 0.717) is 0 Å². The molecule has 1 aromatic carbocycles. The van der Waals surface area contributed by atoms with Crippen LogP contribution in [0.1, 0.15) is 29.2 Å². The van der Waals surface area contributed by atoms with Gasteiger partial charge in [0.1, 0.15) is 0 Å². The van der Waals surface area contributed by atoms with E-state index in [-0.39, 0.29) is 10.9 Å². The van der Waals surface area contributed by atoms with Crippen molar-refractivity contribution < 1.29 is 8.42 Å². The fourth-order valence-corrected chi connectivity index (χ4v) is 3.49. The van der Waals surface area contributed by atoms with E-state index in [1.807, 2.05) is 19.1 Å². The van der Waals surface area contributed by atoms with E-state index in [1.165, 1.54) is 7.05 Å². The number of aromatic nitrogens is 1. The van der Waals surface area contributed by atoms with Crippen molar-refractivity contribution in [3.63, 3.8) is 0 Å². The molecule has 0 aliphatic rings. The first-order valence-electron chi connectivity index (χ1n) is 7.10. The smallest absolute Gasteiger partial charge is 0.240 e. The number of hydrogen-bond acceptors (Lipinski definition) is 5. The van der Waals surface area contributed by atoms with Crippen molar-refractivity contribution in [1.82, 2.24) is 15.0 Å². The molecule has 0 amide bonds. The van der Waals surface area contributed by atoms with Gasteiger partial charge in [-0.05, 0) is 38.6 Å². The van der Waals surface area contributed by atoms with E-state index in [9.17, 15) is 8.42 Å². The van der Waals surface area contributed by atoms with E-state index in [1.54, 1.807) is 23.5 Å². The molecule has 2 rings (SSSR count). The second-order valence-corrected chi connectivity index (χ2v) is 8.01. The van der Waals surface area contributed by atoms with Crippen LogP contribution in [0.15, 0.2) is 34.5 Å². The summed E-state index contributed by atoms with van der Waals surface area (Å²) in [6.45, 7) is 4.90. The topological polar surface area (TPSA) is 71.1 Å². The summed E-state index contributed by atoms with van der Waals surface area (Å²) in [5, 5.41) is 6.60. The van der Waals surface area contributed by atoms with Gasteiger partial charge in [-0.2, -0.15) is 0 Å². The van der Waals surface area contributed by atoms with Gasteiger partial charge in [0, 0.05) is 24.4 Å². The molecular weight excluding hydrogens is 318 g/mol. The largest absolute Gasteiger partial charge is 0.310 e. The molecule has 0 fully saturated rings. The zero-order chi connectivity index (χ0) is 16.2. The van der Waals surface area contributed by atoms with Gasteiger partial charge < -0.3 is 5.32 Å². The number of nitrogens with one attached hydrogen (secondary N) is 2. The van der Waals surface area contributed by atoms with Crippen LogP contribution in [0.2, 0.25) is 0 Å². The molecule has 1 atom stereocenters. The minimum Gasteiger partial charge on any atom is -0.310 e. The van der Waals surface area contributed by atoms with Crippen molar-refractivity contribution in [2.75, 3.05) is 13.6 Å². The highest BCUT2D eigenvalue weighted by Crippen LogP contribution is 2.16. The average Bonchev–Trinajstić information content (AvgIpc) is 2.93. The van der Waals surface area contributed by atoms with E-state index in [0.717, 1.165) is 29.2 Å². The zero-order valence-electron chi connectivity index (χ0n) is 13.0. The molecule has 0 bridgehead atoms. The Morgan fingerprint density at radius 3 is 2.50 bits per heavy atom. The van der Waals surface area contributed by atoms with Gasteiger partial charge in [-0.3, -0.25) is 0 Å². The predicted molar refractivity (Wildman–Crippen MR) is 89.7 cm³/mol. The highest BCUT2D eigenvalue weighted by atomic mass is 32.2. The second kappa shape index (κ2) is 7.32. The Morgan fingerprint density at radius 1 is 1.27 bits per heavy atom. The van der Waals surface area contributed by atoms with Crippen LogP contribution < -0.4 is 10.0 Å². The molecule has 2 N–H and O–H groups in total. The minimum atomic E-state index is -3.37. The first kappa shape index (κ1) is 17.1. The molecule has 22 heavy (non-hydrogen) atoms. The van der Waals surface area contributed by atoms with Crippen LogP contribution in [0.5, 0.6) is 0 Å². The standard InChI is InChI=1S/C15H21N3O2S2/c1-11(17-9-8-14-10-21-12(2)18-14)13-4-6-15(7-5-13)22(19,20)16-3/h4-7,10-11,16-17H,8-9H2,1-3H3. The van der Waals surface area contributed by atoms with Gasteiger partial charge in [-0.1, -0.05) is 12.1 Å². The Hall–Kier alpha value is -1.28. The maximum atomic E-state index is 11.7. The summed E-state index contributed by atoms with van der Waals surface area (Å²) in [4.78, 5) is 4.71. The van der Waals surface area contributed by atoms with E-state index < -0.39 is 10.0 Å². The van der Waals surface area contributed by atoms with Crippen LogP contribution in [-0.4, -0.2) is 27.0 Å². The molecule has 120 valence electrons. The quantitative estimate of drug-likeness (QED) is 0.812. The van der Waals surface area contributed by atoms with Crippen molar-refractivity contribution >= 4 is 21.4 Å². The molecule has 2 aromatic rings. The molecule has 0 aliphatic carbocycles. The summed E-state index contributed by atoms with van der Waals surface area (Å²) in [5.41, 5.74) is 2.17. The number of aryl methyl sites for hydroxylation is 1. The van der Waals surface area contributed by atoms with Crippen LogP contribution in [0.25, 0.3) is 0 Å². The van der Waals surface area contributed by atoms with Gasteiger partial charge >= 0.3 is 0 Å². The monoisotopic (exact) mass is 339 g/mol. The summed E-state index contributed by atoms with van der Waals surface area (Å²) in [5.74, 6) is 0. The fourth-order valence-electron chi connectivity index (χ4n) is 2.11.